The average Bonchev–Trinajstić information content (AvgIpc) is 2.17. The molecule has 0 atom stereocenters. The van der Waals surface area contributed by atoms with Gasteiger partial charge < -0.3 is 4.98 Å². The van der Waals surface area contributed by atoms with Crippen LogP contribution in [0.15, 0.2) is 10.9 Å². The summed E-state index contributed by atoms with van der Waals surface area (Å²) in [5.74, 6) is 0. The van der Waals surface area contributed by atoms with Crippen LogP contribution in [0.2, 0.25) is 0 Å². The van der Waals surface area contributed by atoms with Crippen LogP contribution in [0.5, 0.6) is 0 Å². The standard InChI is InChI=1S/C12H14N2O/c1-12(2)4-3-10-8(6-12)5-9(7-13)11(15)14-10/h5H,3-4,6H2,1-2H3,(H,14,15). The number of nitrogens with zero attached hydrogens (tertiary/aromatic N) is 1. The number of rotatable bonds is 0. The van der Waals surface area contributed by atoms with E-state index in [0.717, 1.165) is 30.5 Å². The zero-order chi connectivity index (χ0) is 11.1. The number of aromatic nitrogens is 1. The Bertz CT molecular complexity index is 491. The number of nitrogens with one attached hydrogen (secondary N) is 1. The molecule has 0 aromatic carbocycles. The molecule has 0 aliphatic heterocycles. The molecular weight excluding hydrogens is 188 g/mol. The van der Waals surface area contributed by atoms with Crippen molar-refractivity contribution in [2.24, 2.45) is 5.41 Å². The van der Waals surface area contributed by atoms with Gasteiger partial charge in [-0.05, 0) is 36.3 Å². The fourth-order valence-electron chi connectivity index (χ4n) is 2.14. The summed E-state index contributed by atoms with van der Waals surface area (Å²) in [4.78, 5) is 14.2. The number of pyridine rings is 1. The van der Waals surface area contributed by atoms with Crippen molar-refractivity contribution in [3.8, 4) is 6.07 Å². The van der Waals surface area contributed by atoms with E-state index in [4.69, 9.17) is 5.26 Å². The van der Waals surface area contributed by atoms with Crippen molar-refractivity contribution in [3.05, 3.63) is 33.2 Å². The lowest BCUT2D eigenvalue weighted by Crippen LogP contribution is -2.26. The molecular formula is C12H14N2O. The molecule has 1 aromatic rings. The monoisotopic (exact) mass is 202 g/mol. The van der Waals surface area contributed by atoms with Gasteiger partial charge in [0.25, 0.3) is 5.56 Å². The van der Waals surface area contributed by atoms with Crippen LogP contribution in [0, 0.1) is 16.7 Å². The van der Waals surface area contributed by atoms with Gasteiger partial charge in [-0.25, -0.2) is 0 Å². The quantitative estimate of drug-likeness (QED) is 0.697. The van der Waals surface area contributed by atoms with Gasteiger partial charge in [0, 0.05) is 5.69 Å². The molecule has 0 amide bonds. The number of nitriles is 1. The second-order valence-electron chi connectivity index (χ2n) is 4.97. The molecule has 1 N–H and O–H groups in total. The van der Waals surface area contributed by atoms with Crippen LogP contribution in [0.3, 0.4) is 0 Å². The molecule has 0 saturated heterocycles. The highest BCUT2D eigenvalue weighted by Gasteiger charge is 2.26. The Morgan fingerprint density at radius 2 is 2.27 bits per heavy atom. The summed E-state index contributed by atoms with van der Waals surface area (Å²) in [6, 6.07) is 3.67. The highest BCUT2D eigenvalue weighted by molar-refractivity contribution is 5.35. The summed E-state index contributed by atoms with van der Waals surface area (Å²) in [7, 11) is 0. The molecule has 3 nitrogen and oxygen atoms in total. The van der Waals surface area contributed by atoms with Crippen LogP contribution in [-0.2, 0) is 12.8 Å². The zero-order valence-corrected chi connectivity index (χ0v) is 9.05. The van der Waals surface area contributed by atoms with Crippen LogP contribution in [-0.4, -0.2) is 4.98 Å². The number of hydrogen-bond acceptors (Lipinski definition) is 2. The van der Waals surface area contributed by atoms with Gasteiger partial charge in [-0.2, -0.15) is 5.26 Å². The van der Waals surface area contributed by atoms with Gasteiger partial charge in [0.1, 0.15) is 11.6 Å². The van der Waals surface area contributed by atoms with Crippen LogP contribution in [0.25, 0.3) is 0 Å². The summed E-state index contributed by atoms with van der Waals surface area (Å²) >= 11 is 0. The minimum atomic E-state index is -0.254. The topological polar surface area (TPSA) is 56.6 Å². The largest absolute Gasteiger partial charge is 0.325 e. The summed E-state index contributed by atoms with van der Waals surface area (Å²) in [5, 5.41) is 8.78. The normalized spacial score (nSPS) is 17.9. The lowest BCUT2D eigenvalue weighted by Gasteiger charge is -2.30. The molecule has 0 fully saturated rings. The van der Waals surface area contributed by atoms with Crippen molar-refractivity contribution in [2.45, 2.75) is 33.1 Å². The van der Waals surface area contributed by atoms with E-state index in [9.17, 15) is 4.79 Å². The van der Waals surface area contributed by atoms with E-state index >= 15 is 0 Å². The maximum absolute atomic E-state index is 11.4. The van der Waals surface area contributed by atoms with Gasteiger partial charge in [-0.15, -0.1) is 0 Å². The number of hydrogen-bond donors (Lipinski definition) is 1. The summed E-state index contributed by atoms with van der Waals surface area (Å²) in [6.45, 7) is 4.43. The lowest BCUT2D eigenvalue weighted by atomic mass is 9.76. The summed E-state index contributed by atoms with van der Waals surface area (Å²) in [6.07, 6.45) is 2.93. The molecule has 0 radical (unpaired) electrons. The first-order valence-corrected chi connectivity index (χ1v) is 5.17. The average molecular weight is 202 g/mol. The highest BCUT2D eigenvalue weighted by atomic mass is 16.1. The smallest absolute Gasteiger partial charge is 0.266 e. The Morgan fingerprint density at radius 1 is 1.53 bits per heavy atom. The Kier molecular flexibility index (Phi) is 2.15. The van der Waals surface area contributed by atoms with E-state index in [-0.39, 0.29) is 16.5 Å². The predicted molar refractivity (Wildman–Crippen MR) is 57.6 cm³/mol. The second-order valence-corrected chi connectivity index (χ2v) is 4.97. The van der Waals surface area contributed by atoms with Gasteiger partial charge >= 0.3 is 0 Å². The SMILES string of the molecule is CC1(C)CCc2[nH]c(=O)c(C#N)cc2C1. The molecule has 1 heterocycles. The predicted octanol–water partition coefficient (Wildman–Crippen LogP) is 1.76. The first-order chi connectivity index (χ1) is 7.02. The third-order valence-corrected chi connectivity index (χ3v) is 3.06. The van der Waals surface area contributed by atoms with Gasteiger partial charge in [-0.1, -0.05) is 13.8 Å². The van der Waals surface area contributed by atoms with Crippen molar-refractivity contribution in [1.29, 1.82) is 5.26 Å². The van der Waals surface area contributed by atoms with E-state index in [2.05, 4.69) is 18.8 Å². The van der Waals surface area contributed by atoms with Gasteiger partial charge in [0.05, 0.1) is 0 Å². The molecule has 3 heteroatoms. The summed E-state index contributed by atoms with van der Waals surface area (Å²) in [5.41, 5.74) is 2.39. The molecule has 0 saturated carbocycles. The Morgan fingerprint density at radius 3 is 2.93 bits per heavy atom. The van der Waals surface area contributed by atoms with Crippen molar-refractivity contribution < 1.29 is 0 Å². The van der Waals surface area contributed by atoms with E-state index in [0.29, 0.717) is 0 Å². The minimum Gasteiger partial charge on any atom is -0.325 e. The maximum Gasteiger partial charge on any atom is 0.266 e. The molecule has 78 valence electrons. The minimum absolute atomic E-state index is 0.228. The van der Waals surface area contributed by atoms with Crippen LogP contribution < -0.4 is 5.56 Å². The fourth-order valence-corrected chi connectivity index (χ4v) is 2.14. The fraction of sp³-hybridized carbons (Fsp3) is 0.500. The Balaban J connectivity index is 2.52. The van der Waals surface area contributed by atoms with E-state index in [1.165, 1.54) is 0 Å². The molecule has 1 aliphatic rings. The molecule has 2 rings (SSSR count). The van der Waals surface area contributed by atoms with Crippen LogP contribution >= 0.6 is 0 Å². The molecule has 1 aromatic heterocycles. The Hall–Kier alpha value is -1.56. The lowest BCUT2D eigenvalue weighted by molar-refractivity contribution is 0.312. The van der Waals surface area contributed by atoms with Gasteiger partial charge in [0.2, 0.25) is 0 Å². The van der Waals surface area contributed by atoms with Gasteiger partial charge in [-0.3, -0.25) is 4.79 Å². The number of H-pyrrole nitrogens is 1. The van der Waals surface area contributed by atoms with Crippen LogP contribution in [0.4, 0.5) is 0 Å². The molecule has 0 spiro atoms. The number of aromatic amines is 1. The van der Waals surface area contributed by atoms with E-state index in [1.807, 2.05) is 6.07 Å². The van der Waals surface area contributed by atoms with Crippen LogP contribution in [0.1, 0.15) is 37.1 Å². The Labute approximate surface area is 88.8 Å². The highest BCUT2D eigenvalue weighted by Crippen LogP contribution is 2.33. The third-order valence-electron chi connectivity index (χ3n) is 3.06. The van der Waals surface area contributed by atoms with Gasteiger partial charge in [0.15, 0.2) is 0 Å². The first kappa shape index (κ1) is 9.97. The maximum atomic E-state index is 11.4. The van der Waals surface area contributed by atoms with Crippen molar-refractivity contribution >= 4 is 0 Å². The van der Waals surface area contributed by atoms with E-state index < -0.39 is 0 Å². The number of aryl methyl sites for hydroxylation is 1. The first-order valence-electron chi connectivity index (χ1n) is 5.17. The third kappa shape index (κ3) is 1.80. The van der Waals surface area contributed by atoms with Crippen molar-refractivity contribution in [1.82, 2.24) is 4.98 Å². The molecule has 0 unspecified atom stereocenters. The van der Waals surface area contributed by atoms with Crippen molar-refractivity contribution in [2.75, 3.05) is 0 Å². The van der Waals surface area contributed by atoms with E-state index in [1.54, 1.807) is 6.07 Å². The summed E-state index contributed by atoms with van der Waals surface area (Å²) < 4.78 is 0. The molecule has 1 aliphatic carbocycles. The van der Waals surface area contributed by atoms with Crippen molar-refractivity contribution in [3.63, 3.8) is 0 Å². The number of fused-ring (bicyclic) bond motifs is 1. The second kappa shape index (κ2) is 3.23. The zero-order valence-electron chi connectivity index (χ0n) is 9.05. The molecule has 0 bridgehead atoms. The molecule has 15 heavy (non-hydrogen) atoms.